The predicted octanol–water partition coefficient (Wildman–Crippen LogP) is 1.64. The molecule has 110 valence electrons. The minimum absolute atomic E-state index is 0.210. The third kappa shape index (κ3) is 3.65. The van der Waals surface area contributed by atoms with Crippen LogP contribution in [0.15, 0.2) is 29.6 Å². The molecular formula is C14H15N3O3S. The van der Waals surface area contributed by atoms with E-state index in [-0.39, 0.29) is 12.2 Å². The Morgan fingerprint density at radius 1 is 1.33 bits per heavy atom. The molecule has 3 N–H and O–H groups in total. The topological polar surface area (TPSA) is 96.5 Å². The van der Waals surface area contributed by atoms with Crippen LogP contribution in [0.5, 0.6) is 0 Å². The van der Waals surface area contributed by atoms with Gasteiger partial charge in [0.05, 0.1) is 0 Å². The molecule has 0 atom stereocenters. The number of benzene rings is 1. The molecular weight excluding hydrogens is 290 g/mol. The highest BCUT2D eigenvalue weighted by Crippen LogP contribution is 2.19. The molecule has 1 aromatic carbocycles. The van der Waals surface area contributed by atoms with E-state index in [9.17, 15) is 9.59 Å². The smallest absolute Gasteiger partial charge is 0.323 e. The van der Waals surface area contributed by atoms with Crippen molar-refractivity contribution in [2.45, 2.75) is 13.5 Å². The molecule has 0 spiro atoms. The number of nitrogens with two attached hydrogens (primary N) is 1. The third-order valence-corrected chi connectivity index (χ3v) is 3.70. The Morgan fingerprint density at radius 3 is 2.52 bits per heavy atom. The largest absolute Gasteiger partial charge is 0.480 e. The summed E-state index contributed by atoms with van der Waals surface area (Å²) in [6.45, 7) is 1.75. The monoisotopic (exact) mass is 305 g/mol. The van der Waals surface area contributed by atoms with Gasteiger partial charge in [-0.3, -0.25) is 14.5 Å². The van der Waals surface area contributed by atoms with Gasteiger partial charge in [-0.15, -0.1) is 11.3 Å². The third-order valence-electron chi connectivity index (χ3n) is 2.83. The Balaban J connectivity index is 2.32. The van der Waals surface area contributed by atoms with Crippen LogP contribution in [0.25, 0.3) is 0 Å². The summed E-state index contributed by atoms with van der Waals surface area (Å²) in [7, 11) is 0. The van der Waals surface area contributed by atoms with E-state index in [1.165, 1.54) is 16.2 Å². The van der Waals surface area contributed by atoms with Gasteiger partial charge >= 0.3 is 5.97 Å². The number of aryl methyl sites for hydroxylation is 1. The number of carbonyl (C=O) groups excluding carboxylic acids is 1. The molecule has 7 heteroatoms. The van der Waals surface area contributed by atoms with Gasteiger partial charge in [-0.2, -0.15) is 0 Å². The molecule has 6 nitrogen and oxygen atoms in total. The molecule has 0 radical (unpaired) electrons. The second kappa shape index (κ2) is 6.47. The maximum absolute atomic E-state index is 12.5. The summed E-state index contributed by atoms with van der Waals surface area (Å²) in [5.74, 6) is -1.53. The zero-order valence-corrected chi connectivity index (χ0v) is 12.3. The minimum atomic E-state index is -1.08. The van der Waals surface area contributed by atoms with E-state index in [0.29, 0.717) is 10.7 Å². The zero-order valence-electron chi connectivity index (χ0n) is 11.4. The second-order valence-corrected chi connectivity index (χ2v) is 5.39. The van der Waals surface area contributed by atoms with Gasteiger partial charge < -0.3 is 10.8 Å². The van der Waals surface area contributed by atoms with Crippen LogP contribution in [0, 0.1) is 6.92 Å². The highest BCUT2D eigenvalue weighted by atomic mass is 32.1. The summed E-state index contributed by atoms with van der Waals surface area (Å²) >= 11 is 1.28. The quantitative estimate of drug-likeness (QED) is 0.875. The van der Waals surface area contributed by atoms with Crippen LogP contribution in [0.4, 0.5) is 5.69 Å². The SMILES string of the molecule is Cc1ccc(N(CC(=O)O)C(=O)c2csc(CN)n2)cc1. The van der Waals surface area contributed by atoms with Crippen molar-refractivity contribution in [1.29, 1.82) is 0 Å². The lowest BCUT2D eigenvalue weighted by atomic mass is 10.2. The van der Waals surface area contributed by atoms with Crippen molar-refractivity contribution in [1.82, 2.24) is 4.98 Å². The summed E-state index contributed by atoms with van der Waals surface area (Å²) in [6.07, 6.45) is 0. The van der Waals surface area contributed by atoms with Crippen molar-refractivity contribution < 1.29 is 14.7 Å². The van der Waals surface area contributed by atoms with E-state index in [0.717, 1.165) is 5.56 Å². The van der Waals surface area contributed by atoms with Gasteiger partial charge in [0, 0.05) is 17.6 Å². The fourth-order valence-electron chi connectivity index (χ4n) is 1.78. The van der Waals surface area contributed by atoms with Gasteiger partial charge in [0.2, 0.25) is 0 Å². The zero-order chi connectivity index (χ0) is 15.4. The van der Waals surface area contributed by atoms with E-state index in [4.69, 9.17) is 10.8 Å². The van der Waals surface area contributed by atoms with Crippen molar-refractivity contribution in [3.63, 3.8) is 0 Å². The number of carboxylic acid groups (broad SMARTS) is 1. The first kappa shape index (κ1) is 15.1. The molecule has 0 saturated heterocycles. The highest BCUT2D eigenvalue weighted by molar-refractivity contribution is 7.09. The standard InChI is InChI=1S/C14H15N3O3S/c1-9-2-4-10(5-3-9)17(7-13(18)19)14(20)11-8-21-12(6-15)16-11/h2-5,8H,6-7,15H2,1H3,(H,18,19). The first-order valence-corrected chi connectivity index (χ1v) is 7.14. The Kier molecular flexibility index (Phi) is 4.66. The molecule has 0 aliphatic heterocycles. The molecule has 0 fully saturated rings. The Labute approximate surface area is 125 Å². The Morgan fingerprint density at radius 2 is 2.00 bits per heavy atom. The van der Waals surface area contributed by atoms with Crippen molar-refractivity contribution in [2.75, 3.05) is 11.4 Å². The van der Waals surface area contributed by atoms with Crippen molar-refractivity contribution in [3.8, 4) is 0 Å². The Bertz CT molecular complexity index is 652. The Hall–Kier alpha value is -2.25. The lowest BCUT2D eigenvalue weighted by Crippen LogP contribution is -2.36. The van der Waals surface area contributed by atoms with E-state index < -0.39 is 18.4 Å². The van der Waals surface area contributed by atoms with Crippen LogP contribution in [-0.2, 0) is 11.3 Å². The first-order valence-electron chi connectivity index (χ1n) is 6.26. The number of hydrogen-bond donors (Lipinski definition) is 2. The minimum Gasteiger partial charge on any atom is -0.480 e. The molecule has 1 amide bonds. The molecule has 0 bridgehead atoms. The van der Waals surface area contributed by atoms with Crippen molar-refractivity contribution in [2.24, 2.45) is 5.73 Å². The number of carboxylic acids is 1. The van der Waals surface area contributed by atoms with Crippen LogP contribution in [0.1, 0.15) is 21.1 Å². The number of nitrogens with zero attached hydrogens (tertiary/aromatic N) is 2. The molecule has 21 heavy (non-hydrogen) atoms. The van der Waals surface area contributed by atoms with E-state index >= 15 is 0 Å². The van der Waals surface area contributed by atoms with Crippen molar-refractivity contribution >= 4 is 28.9 Å². The maximum Gasteiger partial charge on any atom is 0.323 e. The molecule has 1 heterocycles. The number of aliphatic carboxylic acids is 1. The molecule has 2 rings (SSSR count). The molecule has 1 aromatic heterocycles. The molecule has 0 aliphatic rings. The van der Waals surface area contributed by atoms with Gasteiger partial charge in [0.15, 0.2) is 0 Å². The van der Waals surface area contributed by atoms with Gasteiger partial charge in [-0.1, -0.05) is 17.7 Å². The fourth-order valence-corrected chi connectivity index (χ4v) is 2.43. The normalized spacial score (nSPS) is 10.4. The lowest BCUT2D eigenvalue weighted by molar-refractivity contribution is -0.135. The molecule has 0 aliphatic carbocycles. The number of anilines is 1. The summed E-state index contributed by atoms with van der Waals surface area (Å²) in [5.41, 5.74) is 7.24. The lowest BCUT2D eigenvalue weighted by Gasteiger charge is -2.20. The van der Waals surface area contributed by atoms with Crippen LogP contribution in [0.3, 0.4) is 0 Å². The number of rotatable bonds is 5. The highest BCUT2D eigenvalue weighted by Gasteiger charge is 2.22. The van der Waals surface area contributed by atoms with Crippen LogP contribution >= 0.6 is 11.3 Å². The molecule has 2 aromatic rings. The first-order chi connectivity index (χ1) is 10.0. The maximum atomic E-state index is 12.5. The van der Waals surface area contributed by atoms with Gasteiger partial charge in [0.1, 0.15) is 17.2 Å². The predicted molar refractivity (Wildman–Crippen MR) is 80.5 cm³/mol. The second-order valence-electron chi connectivity index (χ2n) is 4.45. The summed E-state index contributed by atoms with van der Waals surface area (Å²) in [5, 5.41) is 11.2. The summed E-state index contributed by atoms with van der Waals surface area (Å²) < 4.78 is 0. The summed E-state index contributed by atoms with van der Waals surface area (Å²) in [6, 6.07) is 7.08. The summed E-state index contributed by atoms with van der Waals surface area (Å²) in [4.78, 5) is 28.8. The van der Waals surface area contributed by atoms with Crippen LogP contribution in [-0.4, -0.2) is 28.5 Å². The number of thiazole rings is 1. The van der Waals surface area contributed by atoms with E-state index in [1.54, 1.807) is 17.5 Å². The average Bonchev–Trinajstić information content (AvgIpc) is 2.94. The van der Waals surface area contributed by atoms with Gasteiger partial charge in [-0.05, 0) is 19.1 Å². The molecule has 0 saturated carbocycles. The number of carbonyl (C=O) groups is 2. The number of hydrogen-bond acceptors (Lipinski definition) is 5. The van der Waals surface area contributed by atoms with E-state index in [1.807, 2.05) is 19.1 Å². The van der Waals surface area contributed by atoms with Crippen LogP contribution in [0.2, 0.25) is 0 Å². The van der Waals surface area contributed by atoms with Crippen LogP contribution < -0.4 is 10.6 Å². The molecule has 0 unspecified atom stereocenters. The number of aromatic nitrogens is 1. The average molecular weight is 305 g/mol. The number of amides is 1. The van der Waals surface area contributed by atoms with Gasteiger partial charge in [0.25, 0.3) is 5.91 Å². The van der Waals surface area contributed by atoms with Crippen molar-refractivity contribution in [3.05, 3.63) is 45.9 Å². The fraction of sp³-hybridized carbons (Fsp3) is 0.214. The van der Waals surface area contributed by atoms with E-state index in [2.05, 4.69) is 4.98 Å². The van der Waals surface area contributed by atoms with Gasteiger partial charge in [-0.25, -0.2) is 4.98 Å².